The van der Waals surface area contributed by atoms with Crippen molar-refractivity contribution in [2.45, 2.75) is 19.1 Å². The number of nitrogens with zero attached hydrogens (tertiary/aromatic N) is 2. The summed E-state index contributed by atoms with van der Waals surface area (Å²) in [6.45, 7) is 3.53. The topological polar surface area (TPSA) is 65.8 Å². The number of aliphatic hydroxyl groups excluding tert-OH is 2. The van der Waals surface area contributed by atoms with E-state index < -0.39 is 6.10 Å². The van der Waals surface area contributed by atoms with E-state index in [0.717, 1.165) is 11.4 Å². The average molecular weight is 238 g/mol. The standard InChI is InChI=1S/C12H18N2O3/c1-9(16)11-3-2-4-13-12(11)14-5-6-17-8-10(14)7-15/h2-4,9-10,15-16H,5-8H2,1H3. The quantitative estimate of drug-likeness (QED) is 0.794. The molecule has 2 atom stereocenters. The van der Waals surface area contributed by atoms with Crippen molar-refractivity contribution in [3.05, 3.63) is 23.9 Å². The van der Waals surface area contributed by atoms with Gasteiger partial charge in [0.15, 0.2) is 0 Å². The summed E-state index contributed by atoms with van der Waals surface area (Å²) >= 11 is 0. The number of aromatic nitrogens is 1. The summed E-state index contributed by atoms with van der Waals surface area (Å²) in [6.07, 6.45) is 1.13. The van der Waals surface area contributed by atoms with Gasteiger partial charge < -0.3 is 19.8 Å². The molecule has 1 aromatic rings. The summed E-state index contributed by atoms with van der Waals surface area (Å²) in [5.74, 6) is 0.741. The fourth-order valence-corrected chi connectivity index (χ4v) is 2.06. The molecule has 0 amide bonds. The molecular formula is C12H18N2O3. The summed E-state index contributed by atoms with van der Waals surface area (Å²) in [5.41, 5.74) is 0.785. The fraction of sp³-hybridized carbons (Fsp3) is 0.583. The zero-order chi connectivity index (χ0) is 12.3. The fourth-order valence-electron chi connectivity index (χ4n) is 2.06. The molecule has 1 fully saturated rings. The zero-order valence-corrected chi connectivity index (χ0v) is 9.91. The number of pyridine rings is 1. The van der Waals surface area contributed by atoms with Crippen molar-refractivity contribution in [2.75, 3.05) is 31.3 Å². The molecule has 1 aliphatic rings. The van der Waals surface area contributed by atoms with E-state index >= 15 is 0 Å². The third kappa shape index (κ3) is 2.57. The summed E-state index contributed by atoms with van der Waals surface area (Å²) in [7, 11) is 0. The highest BCUT2D eigenvalue weighted by Gasteiger charge is 2.26. The van der Waals surface area contributed by atoms with Gasteiger partial charge in [0, 0.05) is 18.3 Å². The van der Waals surface area contributed by atoms with Gasteiger partial charge in [-0.3, -0.25) is 0 Å². The Morgan fingerprint density at radius 2 is 2.47 bits per heavy atom. The summed E-state index contributed by atoms with van der Waals surface area (Å²) in [5, 5.41) is 19.1. The Labute approximate surface area is 101 Å². The number of anilines is 1. The van der Waals surface area contributed by atoms with Crippen molar-refractivity contribution in [3.8, 4) is 0 Å². The van der Waals surface area contributed by atoms with E-state index in [1.54, 1.807) is 19.2 Å². The summed E-state index contributed by atoms with van der Waals surface area (Å²) in [6, 6.07) is 3.58. The molecule has 0 bridgehead atoms. The summed E-state index contributed by atoms with van der Waals surface area (Å²) in [4.78, 5) is 6.33. The van der Waals surface area contributed by atoms with Crippen LogP contribution in [0.3, 0.4) is 0 Å². The highest BCUT2D eigenvalue weighted by molar-refractivity contribution is 5.49. The largest absolute Gasteiger partial charge is 0.394 e. The minimum absolute atomic E-state index is 0.0236. The number of hydrogen-bond acceptors (Lipinski definition) is 5. The molecule has 2 rings (SSSR count). The van der Waals surface area contributed by atoms with Gasteiger partial charge in [-0.05, 0) is 13.0 Å². The Kier molecular flexibility index (Phi) is 3.93. The Balaban J connectivity index is 2.31. The highest BCUT2D eigenvalue weighted by Crippen LogP contribution is 2.26. The molecule has 1 aliphatic heterocycles. The van der Waals surface area contributed by atoms with Crippen LogP contribution in [0.1, 0.15) is 18.6 Å². The predicted molar refractivity (Wildman–Crippen MR) is 63.9 cm³/mol. The van der Waals surface area contributed by atoms with Gasteiger partial charge in [-0.15, -0.1) is 0 Å². The van der Waals surface area contributed by atoms with Crippen molar-refractivity contribution in [1.29, 1.82) is 0 Å². The molecule has 17 heavy (non-hydrogen) atoms. The lowest BCUT2D eigenvalue weighted by molar-refractivity contribution is 0.0718. The second-order valence-electron chi connectivity index (χ2n) is 4.20. The summed E-state index contributed by atoms with van der Waals surface area (Å²) < 4.78 is 5.33. The van der Waals surface area contributed by atoms with Crippen molar-refractivity contribution in [1.82, 2.24) is 4.98 Å². The van der Waals surface area contributed by atoms with Crippen LogP contribution in [0.2, 0.25) is 0 Å². The third-order valence-corrected chi connectivity index (χ3v) is 2.98. The van der Waals surface area contributed by atoms with Crippen LogP contribution in [0.4, 0.5) is 5.82 Å². The molecule has 2 unspecified atom stereocenters. The first-order chi connectivity index (χ1) is 8.24. The zero-order valence-electron chi connectivity index (χ0n) is 9.91. The molecule has 2 heterocycles. The van der Waals surface area contributed by atoms with Crippen LogP contribution in [0.15, 0.2) is 18.3 Å². The van der Waals surface area contributed by atoms with E-state index in [1.165, 1.54) is 0 Å². The highest BCUT2D eigenvalue weighted by atomic mass is 16.5. The van der Waals surface area contributed by atoms with Gasteiger partial charge in [-0.1, -0.05) is 6.07 Å². The van der Waals surface area contributed by atoms with Crippen molar-refractivity contribution in [3.63, 3.8) is 0 Å². The molecule has 0 radical (unpaired) electrons. The Morgan fingerprint density at radius 3 is 3.18 bits per heavy atom. The molecular weight excluding hydrogens is 220 g/mol. The second kappa shape index (κ2) is 5.44. The maximum Gasteiger partial charge on any atom is 0.134 e. The molecule has 94 valence electrons. The van der Waals surface area contributed by atoms with Gasteiger partial charge in [0.05, 0.1) is 32.0 Å². The lowest BCUT2D eigenvalue weighted by Gasteiger charge is -2.36. The number of ether oxygens (including phenoxy) is 1. The van der Waals surface area contributed by atoms with Gasteiger partial charge in [0.1, 0.15) is 5.82 Å². The number of rotatable bonds is 3. The smallest absolute Gasteiger partial charge is 0.134 e. The van der Waals surface area contributed by atoms with Crippen LogP contribution in [-0.4, -0.2) is 47.6 Å². The maximum atomic E-state index is 9.73. The number of morpholine rings is 1. The average Bonchev–Trinajstić information content (AvgIpc) is 2.38. The van der Waals surface area contributed by atoms with Crippen LogP contribution >= 0.6 is 0 Å². The van der Waals surface area contributed by atoms with Crippen LogP contribution < -0.4 is 4.90 Å². The van der Waals surface area contributed by atoms with Crippen LogP contribution in [0.25, 0.3) is 0 Å². The minimum atomic E-state index is -0.569. The van der Waals surface area contributed by atoms with Crippen LogP contribution in [0.5, 0.6) is 0 Å². The molecule has 5 nitrogen and oxygen atoms in total. The second-order valence-corrected chi connectivity index (χ2v) is 4.20. The van der Waals surface area contributed by atoms with Gasteiger partial charge in [-0.2, -0.15) is 0 Å². The van der Waals surface area contributed by atoms with Crippen molar-refractivity contribution >= 4 is 5.82 Å². The lowest BCUT2D eigenvalue weighted by atomic mass is 10.1. The first-order valence-electron chi connectivity index (χ1n) is 5.82. The number of hydrogen-bond donors (Lipinski definition) is 2. The molecule has 0 aromatic carbocycles. The molecule has 0 saturated carbocycles. The third-order valence-electron chi connectivity index (χ3n) is 2.98. The van der Waals surface area contributed by atoms with Crippen LogP contribution in [-0.2, 0) is 4.74 Å². The Bertz CT molecular complexity index is 371. The molecule has 5 heteroatoms. The molecule has 0 spiro atoms. The minimum Gasteiger partial charge on any atom is -0.394 e. The first kappa shape index (κ1) is 12.3. The Morgan fingerprint density at radius 1 is 1.65 bits per heavy atom. The van der Waals surface area contributed by atoms with Gasteiger partial charge in [-0.25, -0.2) is 4.98 Å². The van der Waals surface area contributed by atoms with E-state index in [4.69, 9.17) is 4.74 Å². The maximum absolute atomic E-state index is 9.73. The SMILES string of the molecule is CC(O)c1cccnc1N1CCOCC1CO. The lowest BCUT2D eigenvalue weighted by Crippen LogP contribution is -2.48. The monoisotopic (exact) mass is 238 g/mol. The normalized spacial score (nSPS) is 22.5. The van der Waals surface area contributed by atoms with Gasteiger partial charge in [0.25, 0.3) is 0 Å². The van der Waals surface area contributed by atoms with E-state index in [9.17, 15) is 10.2 Å². The molecule has 1 aromatic heterocycles. The van der Waals surface area contributed by atoms with Gasteiger partial charge in [0.2, 0.25) is 0 Å². The van der Waals surface area contributed by atoms with Crippen molar-refractivity contribution in [2.24, 2.45) is 0 Å². The van der Waals surface area contributed by atoms with Gasteiger partial charge >= 0.3 is 0 Å². The van der Waals surface area contributed by atoms with E-state index in [1.807, 2.05) is 11.0 Å². The molecule has 0 aliphatic carbocycles. The van der Waals surface area contributed by atoms with Crippen molar-refractivity contribution < 1.29 is 14.9 Å². The predicted octanol–water partition coefficient (Wildman–Crippen LogP) is 0.332. The van der Waals surface area contributed by atoms with E-state index in [2.05, 4.69) is 4.98 Å². The molecule has 2 N–H and O–H groups in total. The number of aliphatic hydroxyl groups is 2. The van der Waals surface area contributed by atoms with E-state index in [-0.39, 0.29) is 12.6 Å². The van der Waals surface area contributed by atoms with Crippen LogP contribution in [0, 0.1) is 0 Å². The Hall–Kier alpha value is -1.17. The molecule has 1 saturated heterocycles. The van der Waals surface area contributed by atoms with E-state index in [0.29, 0.717) is 19.8 Å². The first-order valence-corrected chi connectivity index (χ1v) is 5.82.